The molecule has 0 unspecified atom stereocenters. The zero-order valence-corrected chi connectivity index (χ0v) is 9.20. The van der Waals surface area contributed by atoms with Crippen molar-refractivity contribution in [3.63, 3.8) is 0 Å². The van der Waals surface area contributed by atoms with Gasteiger partial charge in [0.05, 0.1) is 6.61 Å². The van der Waals surface area contributed by atoms with Crippen LogP contribution in [0.2, 0.25) is 0 Å². The Hall–Kier alpha value is -1.44. The van der Waals surface area contributed by atoms with Crippen LogP contribution in [0, 0.1) is 0 Å². The van der Waals surface area contributed by atoms with E-state index in [1.807, 2.05) is 12.1 Å². The van der Waals surface area contributed by atoms with Gasteiger partial charge in [0, 0.05) is 6.07 Å². The molecule has 0 saturated heterocycles. The van der Waals surface area contributed by atoms with E-state index in [2.05, 4.69) is 13.5 Å². The van der Waals surface area contributed by atoms with Gasteiger partial charge in [-0.05, 0) is 24.5 Å². The maximum absolute atomic E-state index is 9.65. The number of allylic oxidation sites excluding steroid dienone is 1. The lowest BCUT2D eigenvalue weighted by atomic mass is 10.1. The van der Waals surface area contributed by atoms with Crippen LogP contribution in [-0.2, 0) is 6.42 Å². The van der Waals surface area contributed by atoms with Gasteiger partial charge in [0.1, 0.15) is 11.5 Å². The van der Waals surface area contributed by atoms with Gasteiger partial charge in [0.15, 0.2) is 0 Å². The molecule has 1 rings (SSSR count). The van der Waals surface area contributed by atoms with Gasteiger partial charge in [0.2, 0.25) is 0 Å². The number of phenolic OH excluding ortho intramolecular Hbond substituents is 1. The van der Waals surface area contributed by atoms with Gasteiger partial charge < -0.3 is 9.84 Å². The van der Waals surface area contributed by atoms with Crippen LogP contribution in [-0.4, -0.2) is 11.7 Å². The maximum Gasteiger partial charge on any atom is 0.122 e. The molecule has 0 bridgehead atoms. The number of benzene rings is 1. The molecule has 0 atom stereocenters. The fourth-order valence-corrected chi connectivity index (χ4v) is 1.30. The summed E-state index contributed by atoms with van der Waals surface area (Å²) in [6.07, 6.45) is 4.60. The molecule has 15 heavy (non-hydrogen) atoms. The van der Waals surface area contributed by atoms with Crippen molar-refractivity contribution in [2.45, 2.75) is 26.2 Å². The summed E-state index contributed by atoms with van der Waals surface area (Å²) >= 11 is 0. The van der Waals surface area contributed by atoms with Crippen LogP contribution in [0.4, 0.5) is 0 Å². The summed E-state index contributed by atoms with van der Waals surface area (Å²) in [5, 5.41) is 9.65. The summed E-state index contributed by atoms with van der Waals surface area (Å²) in [6, 6.07) is 5.42. The van der Waals surface area contributed by atoms with E-state index in [-0.39, 0.29) is 5.75 Å². The molecule has 2 heteroatoms. The molecule has 1 N–H and O–H groups in total. The topological polar surface area (TPSA) is 29.5 Å². The molecule has 0 spiro atoms. The van der Waals surface area contributed by atoms with Gasteiger partial charge in [-0.2, -0.15) is 0 Å². The van der Waals surface area contributed by atoms with Crippen molar-refractivity contribution in [3.8, 4) is 11.5 Å². The summed E-state index contributed by atoms with van der Waals surface area (Å²) in [7, 11) is 0. The molecule has 0 saturated carbocycles. The molecule has 0 aliphatic heterocycles. The molecule has 0 aliphatic carbocycles. The van der Waals surface area contributed by atoms with E-state index in [0.29, 0.717) is 13.0 Å². The molecule has 1 aromatic rings. The van der Waals surface area contributed by atoms with Crippen molar-refractivity contribution < 1.29 is 9.84 Å². The number of aromatic hydroxyl groups is 1. The highest BCUT2D eigenvalue weighted by Gasteiger charge is 2.01. The Morgan fingerprint density at radius 1 is 1.47 bits per heavy atom. The van der Waals surface area contributed by atoms with Gasteiger partial charge in [-0.1, -0.05) is 25.5 Å². The van der Waals surface area contributed by atoms with Crippen molar-refractivity contribution in [2.24, 2.45) is 0 Å². The Morgan fingerprint density at radius 2 is 2.27 bits per heavy atom. The quantitative estimate of drug-likeness (QED) is 0.571. The zero-order valence-electron chi connectivity index (χ0n) is 9.20. The van der Waals surface area contributed by atoms with Crippen molar-refractivity contribution >= 4 is 0 Å². The van der Waals surface area contributed by atoms with Crippen molar-refractivity contribution in [1.29, 1.82) is 0 Å². The molecule has 0 aromatic heterocycles. The SMILES string of the molecule is C=CCc1ccc(OCCCC)cc1O. The Bertz CT molecular complexity index is 318. The minimum atomic E-state index is 0.281. The number of ether oxygens (including phenoxy) is 1. The highest BCUT2D eigenvalue weighted by molar-refractivity contribution is 5.40. The predicted molar refractivity (Wildman–Crippen MR) is 62.4 cm³/mol. The standard InChI is InChI=1S/C13H18O2/c1-3-5-9-15-12-8-7-11(6-4-2)13(14)10-12/h4,7-8,10,14H,2-3,5-6,9H2,1H3. The first-order valence-corrected chi connectivity index (χ1v) is 5.33. The smallest absolute Gasteiger partial charge is 0.122 e. The van der Waals surface area contributed by atoms with Crippen molar-refractivity contribution in [3.05, 3.63) is 36.4 Å². The van der Waals surface area contributed by atoms with E-state index in [9.17, 15) is 5.11 Å². The third-order valence-corrected chi connectivity index (χ3v) is 2.19. The molecule has 82 valence electrons. The van der Waals surface area contributed by atoms with E-state index in [1.54, 1.807) is 12.1 Å². The molecule has 1 aromatic carbocycles. The van der Waals surface area contributed by atoms with Gasteiger partial charge in [-0.15, -0.1) is 6.58 Å². The Kier molecular flexibility index (Phi) is 4.75. The summed E-state index contributed by atoms with van der Waals surface area (Å²) in [5.41, 5.74) is 0.882. The third kappa shape index (κ3) is 3.66. The highest BCUT2D eigenvalue weighted by Crippen LogP contribution is 2.24. The van der Waals surface area contributed by atoms with Crippen molar-refractivity contribution in [2.75, 3.05) is 6.61 Å². The molecular formula is C13H18O2. The van der Waals surface area contributed by atoms with Crippen molar-refractivity contribution in [1.82, 2.24) is 0 Å². The summed E-state index contributed by atoms with van der Waals surface area (Å²) in [4.78, 5) is 0. The van der Waals surface area contributed by atoms with Crippen LogP contribution in [0.5, 0.6) is 11.5 Å². The monoisotopic (exact) mass is 206 g/mol. The first-order chi connectivity index (χ1) is 7.27. The van der Waals surface area contributed by atoms with Gasteiger partial charge in [-0.3, -0.25) is 0 Å². The molecule has 0 radical (unpaired) electrons. The van der Waals surface area contributed by atoms with Crippen LogP contribution in [0.1, 0.15) is 25.3 Å². The minimum Gasteiger partial charge on any atom is -0.508 e. The van der Waals surface area contributed by atoms with Crippen LogP contribution >= 0.6 is 0 Å². The second-order valence-corrected chi connectivity index (χ2v) is 3.49. The van der Waals surface area contributed by atoms with Gasteiger partial charge in [0.25, 0.3) is 0 Å². The molecule has 0 fully saturated rings. The highest BCUT2D eigenvalue weighted by atomic mass is 16.5. The fourth-order valence-electron chi connectivity index (χ4n) is 1.30. The summed E-state index contributed by atoms with van der Waals surface area (Å²) in [6.45, 7) is 6.46. The average Bonchev–Trinajstić information content (AvgIpc) is 2.23. The molecule has 0 aliphatic rings. The van der Waals surface area contributed by atoms with E-state index in [4.69, 9.17) is 4.74 Å². The zero-order chi connectivity index (χ0) is 11.1. The van der Waals surface area contributed by atoms with Gasteiger partial charge >= 0.3 is 0 Å². The summed E-state index contributed by atoms with van der Waals surface area (Å²) in [5.74, 6) is 1.01. The van der Waals surface area contributed by atoms with Gasteiger partial charge in [-0.25, -0.2) is 0 Å². The largest absolute Gasteiger partial charge is 0.508 e. The van der Waals surface area contributed by atoms with E-state index < -0.39 is 0 Å². The Balaban J connectivity index is 2.60. The molecule has 0 heterocycles. The minimum absolute atomic E-state index is 0.281. The Labute approximate surface area is 91.2 Å². The second-order valence-electron chi connectivity index (χ2n) is 3.49. The lowest BCUT2D eigenvalue weighted by Crippen LogP contribution is -1.96. The Morgan fingerprint density at radius 3 is 2.87 bits per heavy atom. The average molecular weight is 206 g/mol. The molecule has 2 nitrogen and oxygen atoms in total. The molecule has 0 amide bonds. The number of phenols is 1. The normalized spacial score (nSPS) is 9.93. The first-order valence-electron chi connectivity index (χ1n) is 5.33. The van der Waals surface area contributed by atoms with Crippen LogP contribution < -0.4 is 4.74 Å². The molecular weight excluding hydrogens is 188 g/mol. The second kappa shape index (κ2) is 6.12. The maximum atomic E-state index is 9.65. The number of hydrogen-bond acceptors (Lipinski definition) is 2. The van der Waals surface area contributed by atoms with Crippen LogP contribution in [0.3, 0.4) is 0 Å². The fraction of sp³-hybridized carbons (Fsp3) is 0.385. The third-order valence-electron chi connectivity index (χ3n) is 2.19. The number of hydrogen-bond donors (Lipinski definition) is 1. The number of rotatable bonds is 6. The van der Waals surface area contributed by atoms with Crippen LogP contribution in [0.25, 0.3) is 0 Å². The summed E-state index contributed by atoms with van der Waals surface area (Å²) < 4.78 is 5.47. The predicted octanol–water partition coefficient (Wildman–Crippen LogP) is 3.30. The first kappa shape index (κ1) is 11.6. The van der Waals surface area contributed by atoms with E-state index in [0.717, 1.165) is 24.2 Å². The van der Waals surface area contributed by atoms with E-state index in [1.165, 1.54) is 0 Å². The van der Waals surface area contributed by atoms with Crippen LogP contribution in [0.15, 0.2) is 30.9 Å². The number of unbranched alkanes of at least 4 members (excludes halogenated alkanes) is 1. The lowest BCUT2D eigenvalue weighted by Gasteiger charge is -2.07. The lowest BCUT2D eigenvalue weighted by molar-refractivity contribution is 0.307. The van der Waals surface area contributed by atoms with E-state index >= 15 is 0 Å².